The number of hydrogen-bond donors (Lipinski definition) is 1. The molecule has 0 radical (unpaired) electrons. The lowest BCUT2D eigenvalue weighted by atomic mass is 9.97. The molecule has 3 heteroatoms. The Hall–Kier alpha value is -1.35. The van der Waals surface area contributed by atoms with Crippen molar-refractivity contribution in [1.29, 1.82) is 0 Å². The van der Waals surface area contributed by atoms with E-state index in [0.717, 1.165) is 25.8 Å². The van der Waals surface area contributed by atoms with Crippen molar-refractivity contribution in [1.82, 2.24) is 10.2 Å². The largest absolute Gasteiger partial charge is 0.334 e. The summed E-state index contributed by atoms with van der Waals surface area (Å²) in [4.78, 5) is 14.8. The van der Waals surface area contributed by atoms with Crippen LogP contribution in [0, 0.1) is 0 Å². The van der Waals surface area contributed by atoms with Crippen LogP contribution in [0.4, 0.5) is 0 Å². The Morgan fingerprint density at radius 3 is 2.65 bits per heavy atom. The van der Waals surface area contributed by atoms with Crippen molar-refractivity contribution in [2.24, 2.45) is 0 Å². The molecule has 1 N–H and O–H groups in total. The Bertz CT molecular complexity index is 455. The Morgan fingerprint density at radius 1 is 1.25 bits per heavy atom. The summed E-state index contributed by atoms with van der Waals surface area (Å²) in [5.41, 5.74) is 1.26. The Morgan fingerprint density at radius 2 is 2.00 bits per heavy atom. The molecule has 0 bridgehead atoms. The third kappa shape index (κ3) is 2.88. The van der Waals surface area contributed by atoms with E-state index < -0.39 is 0 Å². The molecule has 1 heterocycles. The molecule has 1 aliphatic carbocycles. The minimum Gasteiger partial charge on any atom is -0.334 e. The van der Waals surface area contributed by atoms with E-state index in [4.69, 9.17) is 0 Å². The van der Waals surface area contributed by atoms with Crippen LogP contribution in [0.15, 0.2) is 30.3 Å². The molecule has 1 amide bonds. The molecule has 2 fully saturated rings. The number of carbonyl (C=O) groups excluding carboxylic acids is 1. The summed E-state index contributed by atoms with van der Waals surface area (Å²) in [5, 5.41) is 3.51. The number of nitrogens with one attached hydrogen (secondary N) is 1. The fraction of sp³-hybridized carbons (Fsp3) is 0.588. The first kappa shape index (κ1) is 13.6. The zero-order chi connectivity index (χ0) is 13.9. The lowest BCUT2D eigenvalue weighted by Crippen LogP contribution is -2.52. The number of hydrogen-bond acceptors (Lipinski definition) is 2. The summed E-state index contributed by atoms with van der Waals surface area (Å²) in [6, 6.07) is 11.3. The summed E-state index contributed by atoms with van der Waals surface area (Å²) in [5.74, 6) is 0.304. The minimum atomic E-state index is 0.0500. The van der Waals surface area contributed by atoms with Crippen molar-refractivity contribution in [3.05, 3.63) is 35.9 Å². The second kappa shape index (κ2) is 5.96. The van der Waals surface area contributed by atoms with E-state index in [1.165, 1.54) is 18.4 Å². The second-order valence-corrected chi connectivity index (χ2v) is 6.00. The molecule has 3 nitrogen and oxygen atoms in total. The van der Waals surface area contributed by atoms with E-state index in [1.807, 2.05) is 6.07 Å². The van der Waals surface area contributed by atoms with E-state index in [1.54, 1.807) is 0 Å². The molecule has 108 valence electrons. The molecular weight excluding hydrogens is 248 g/mol. The molecule has 20 heavy (non-hydrogen) atoms. The van der Waals surface area contributed by atoms with Gasteiger partial charge in [-0.15, -0.1) is 0 Å². The van der Waals surface area contributed by atoms with E-state index >= 15 is 0 Å². The standard InChI is InChI=1S/C17H24N2O/c1-2-16(13-7-4-3-5-8-13)19-12-6-9-15(17(19)20)18-14-10-11-14/h3-5,7-8,14-16,18H,2,6,9-12H2,1H3. The Balaban J connectivity index is 1.74. The molecule has 0 spiro atoms. The lowest BCUT2D eigenvalue weighted by Gasteiger charge is -2.38. The highest BCUT2D eigenvalue weighted by Gasteiger charge is 2.36. The summed E-state index contributed by atoms with van der Waals surface area (Å²) in [7, 11) is 0. The van der Waals surface area contributed by atoms with Gasteiger partial charge in [-0.2, -0.15) is 0 Å². The van der Waals surface area contributed by atoms with Gasteiger partial charge in [0.25, 0.3) is 0 Å². The Labute approximate surface area is 121 Å². The van der Waals surface area contributed by atoms with E-state index in [0.29, 0.717) is 11.9 Å². The van der Waals surface area contributed by atoms with Crippen LogP contribution >= 0.6 is 0 Å². The number of benzene rings is 1. The van der Waals surface area contributed by atoms with Crippen LogP contribution < -0.4 is 5.32 Å². The highest BCUT2D eigenvalue weighted by Crippen LogP contribution is 2.29. The van der Waals surface area contributed by atoms with Crippen LogP contribution in [0.3, 0.4) is 0 Å². The van der Waals surface area contributed by atoms with E-state index in [-0.39, 0.29) is 12.1 Å². The van der Waals surface area contributed by atoms with Gasteiger partial charge in [0, 0.05) is 12.6 Å². The lowest BCUT2D eigenvalue weighted by molar-refractivity contribution is -0.138. The number of amides is 1. The van der Waals surface area contributed by atoms with Crippen molar-refractivity contribution >= 4 is 5.91 Å². The summed E-state index contributed by atoms with van der Waals surface area (Å²) in [6.45, 7) is 3.07. The van der Waals surface area contributed by atoms with E-state index in [9.17, 15) is 4.79 Å². The smallest absolute Gasteiger partial charge is 0.240 e. The first-order valence-electron chi connectivity index (χ1n) is 7.91. The van der Waals surface area contributed by atoms with Crippen LogP contribution in [0.2, 0.25) is 0 Å². The number of piperidine rings is 1. The average Bonchev–Trinajstić information content (AvgIpc) is 3.29. The van der Waals surface area contributed by atoms with Crippen molar-refractivity contribution < 1.29 is 4.79 Å². The summed E-state index contributed by atoms with van der Waals surface area (Å²) >= 11 is 0. The highest BCUT2D eigenvalue weighted by atomic mass is 16.2. The molecular formula is C17H24N2O. The predicted molar refractivity (Wildman–Crippen MR) is 80.4 cm³/mol. The molecule has 1 saturated heterocycles. The fourth-order valence-electron chi connectivity index (χ4n) is 3.21. The third-order valence-corrected chi connectivity index (χ3v) is 4.43. The molecule has 1 saturated carbocycles. The van der Waals surface area contributed by atoms with Gasteiger partial charge in [-0.3, -0.25) is 4.79 Å². The average molecular weight is 272 g/mol. The maximum Gasteiger partial charge on any atom is 0.240 e. The first-order valence-corrected chi connectivity index (χ1v) is 7.91. The quantitative estimate of drug-likeness (QED) is 0.894. The van der Waals surface area contributed by atoms with Crippen LogP contribution in [0.25, 0.3) is 0 Å². The molecule has 1 aromatic rings. The van der Waals surface area contributed by atoms with Gasteiger partial charge >= 0.3 is 0 Å². The van der Waals surface area contributed by atoms with Crippen LogP contribution in [-0.4, -0.2) is 29.4 Å². The number of rotatable bonds is 5. The maximum absolute atomic E-state index is 12.7. The normalized spacial score (nSPS) is 24.8. The predicted octanol–water partition coefficient (Wildman–Crippen LogP) is 2.88. The number of carbonyl (C=O) groups is 1. The zero-order valence-electron chi connectivity index (χ0n) is 12.2. The molecule has 1 aromatic carbocycles. The van der Waals surface area contributed by atoms with Crippen molar-refractivity contribution in [3.8, 4) is 0 Å². The number of nitrogens with zero attached hydrogens (tertiary/aromatic N) is 1. The summed E-state index contributed by atoms with van der Waals surface area (Å²) < 4.78 is 0. The molecule has 2 atom stereocenters. The monoisotopic (exact) mass is 272 g/mol. The van der Waals surface area contributed by atoms with Crippen molar-refractivity contribution in [2.75, 3.05) is 6.54 Å². The molecule has 2 unspecified atom stereocenters. The van der Waals surface area contributed by atoms with Crippen molar-refractivity contribution in [2.45, 2.75) is 57.2 Å². The second-order valence-electron chi connectivity index (χ2n) is 6.00. The van der Waals surface area contributed by atoms with E-state index in [2.05, 4.69) is 41.4 Å². The third-order valence-electron chi connectivity index (χ3n) is 4.43. The van der Waals surface area contributed by atoms with Crippen LogP contribution in [0.5, 0.6) is 0 Å². The topological polar surface area (TPSA) is 32.3 Å². The Kier molecular flexibility index (Phi) is 4.06. The molecule has 0 aromatic heterocycles. The maximum atomic E-state index is 12.7. The van der Waals surface area contributed by atoms with Gasteiger partial charge in [0.05, 0.1) is 12.1 Å². The van der Waals surface area contributed by atoms with Gasteiger partial charge in [-0.25, -0.2) is 0 Å². The van der Waals surface area contributed by atoms with Crippen LogP contribution in [0.1, 0.15) is 50.6 Å². The SMILES string of the molecule is CCC(c1ccccc1)N1CCCC(NC2CC2)C1=O. The number of likely N-dealkylation sites (tertiary alicyclic amines) is 1. The van der Waals surface area contributed by atoms with Crippen molar-refractivity contribution in [3.63, 3.8) is 0 Å². The van der Waals surface area contributed by atoms with Gasteiger partial charge in [-0.1, -0.05) is 37.3 Å². The summed E-state index contributed by atoms with van der Waals surface area (Å²) in [6.07, 6.45) is 5.56. The zero-order valence-corrected chi connectivity index (χ0v) is 12.2. The first-order chi connectivity index (χ1) is 9.79. The van der Waals surface area contributed by atoms with Gasteiger partial charge in [0.1, 0.15) is 0 Å². The van der Waals surface area contributed by atoms with Gasteiger partial charge in [0.2, 0.25) is 5.91 Å². The van der Waals surface area contributed by atoms with Gasteiger partial charge < -0.3 is 10.2 Å². The highest BCUT2D eigenvalue weighted by molar-refractivity contribution is 5.83. The van der Waals surface area contributed by atoms with Crippen LogP contribution in [-0.2, 0) is 4.79 Å². The molecule has 2 aliphatic rings. The minimum absolute atomic E-state index is 0.0500. The molecule has 1 aliphatic heterocycles. The van der Waals surface area contributed by atoms with Gasteiger partial charge in [-0.05, 0) is 37.7 Å². The van der Waals surface area contributed by atoms with Gasteiger partial charge in [0.15, 0.2) is 0 Å². The fourth-order valence-corrected chi connectivity index (χ4v) is 3.21. The molecule has 3 rings (SSSR count).